The first kappa shape index (κ1) is 21.6. The van der Waals surface area contributed by atoms with Crippen LogP contribution in [0.25, 0.3) is 0 Å². The minimum Gasteiger partial charge on any atom is -0.386 e. The maximum Gasteiger partial charge on any atom is 0.193 e. The van der Waals surface area contributed by atoms with Gasteiger partial charge in [0.1, 0.15) is 5.82 Å². The van der Waals surface area contributed by atoms with Crippen LogP contribution < -0.4 is 11.1 Å². The number of methoxy groups -OCH3 is 1. The van der Waals surface area contributed by atoms with Crippen molar-refractivity contribution < 1.29 is 14.2 Å². The van der Waals surface area contributed by atoms with Gasteiger partial charge in [0.25, 0.3) is 0 Å². The first-order valence-corrected chi connectivity index (χ1v) is 7.66. The number of halogens is 3. The number of guanidine groups is 1. The number of rotatable bonds is 6. The Hall–Kier alpha value is -1.42. The Kier molecular flexibility index (Phi) is 9.12. The number of hydrogen-bond acceptors (Lipinski definition) is 3. The summed E-state index contributed by atoms with van der Waals surface area (Å²) in [5, 5.41) is 13.0. The predicted octanol–water partition coefficient (Wildman–Crippen LogP) is 3.70. The van der Waals surface area contributed by atoms with Crippen LogP contribution in [-0.2, 0) is 11.3 Å². The fourth-order valence-corrected chi connectivity index (χ4v) is 2.23. The van der Waals surface area contributed by atoms with Crippen LogP contribution in [0.4, 0.5) is 10.1 Å². The predicted molar refractivity (Wildman–Crippen MR) is 109 cm³/mol. The van der Waals surface area contributed by atoms with Gasteiger partial charge in [0.2, 0.25) is 0 Å². The van der Waals surface area contributed by atoms with Crippen LogP contribution in [-0.4, -0.2) is 24.7 Å². The molecule has 0 aliphatic heterocycles. The van der Waals surface area contributed by atoms with Gasteiger partial charge < -0.3 is 20.9 Å². The molecule has 0 aromatic heterocycles. The fraction of sp³-hybridized carbons (Fsp3) is 0.235. The molecule has 0 radical (unpaired) electrons. The number of ether oxygens (including phenoxy) is 1. The zero-order chi connectivity index (χ0) is 17.5. The van der Waals surface area contributed by atoms with E-state index in [0.29, 0.717) is 12.2 Å². The van der Waals surface area contributed by atoms with E-state index >= 15 is 0 Å². The molecule has 2 aromatic rings. The van der Waals surface area contributed by atoms with E-state index in [1.807, 2.05) is 24.3 Å². The number of aliphatic hydroxyl groups is 1. The van der Waals surface area contributed by atoms with Gasteiger partial charge in [0.15, 0.2) is 5.96 Å². The van der Waals surface area contributed by atoms with Crippen molar-refractivity contribution in [2.75, 3.05) is 19.0 Å². The van der Waals surface area contributed by atoms with Crippen molar-refractivity contribution >= 4 is 47.2 Å². The minimum absolute atomic E-state index is 0. The van der Waals surface area contributed by atoms with Gasteiger partial charge in [-0.25, -0.2) is 4.39 Å². The van der Waals surface area contributed by atoms with Crippen molar-refractivity contribution in [3.63, 3.8) is 0 Å². The standard InChI is InChI=1S/C17H19ClFN3O2.HI/c1-24-10-12-4-2-3-5-15(12)22-17(20)21-9-16(23)11-6-7-13(18)14(19)8-11;/h2-8,16,23H,9-10H2,1H3,(H3,20,21,22);1H. The van der Waals surface area contributed by atoms with Gasteiger partial charge in [0, 0.05) is 18.4 Å². The van der Waals surface area contributed by atoms with Crippen LogP contribution in [0.1, 0.15) is 17.2 Å². The van der Waals surface area contributed by atoms with Crippen LogP contribution in [0.5, 0.6) is 0 Å². The van der Waals surface area contributed by atoms with E-state index in [2.05, 4.69) is 10.3 Å². The molecule has 0 saturated heterocycles. The molecule has 0 aliphatic rings. The van der Waals surface area contributed by atoms with E-state index < -0.39 is 11.9 Å². The number of benzene rings is 2. The summed E-state index contributed by atoms with van der Waals surface area (Å²) in [6.07, 6.45) is -0.980. The molecule has 0 amide bonds. The van der Waals surface area contributed by atoms with Crippen LogP contribution in [0.3, 0.4) is 0 Å². The Morgan fingerprint density at radius 2 is 2.08 bits per heavy atom. The molecule has 2 aromatic carbocycles. The van der Waals surface area contributed by atoms with Crippen LogP contribution in [0.15, 0.2) is 47.5 Å². The first-order chi connectivity index (χ1) is 11.5. The molecule has 136 valence electrons. The smallest absolute Gasteiger partial charge is 0.193 e. The molecular weight excluding hydrogens is 460 g/mol. The topological polar surface area (TPSA) is 79.9 Å². The summed E-state index contributed by atoms with van der Waals surface area (Å²) >= 11 is 5.62. The number of hydrogen-bond donors (Lipinski definition) is 3. The molecule has 0 aliphatic carbocycles. The van der Waals surface area contributed by atoms with Crippen molar-refractivity contribution in [1.82, 2.24) is 0 Å². The number of aliphatic imine (C=N–C) groups is 1. The van der Waals surface area contributed by atoms with E-state index in [1.54, 1.807) is 13.2 Å². The third kappa shape index (κ3) is 6.43. The average molecular weight is 480 g/mol. The summed E-state index contributed by atoms with van der Waals surface area (Å²) < 4.78 is 18.5. The SMILES string of the molecule is COCc1ccccc1NC(N)=NCC(O)c1ccc(Cl)c(F)c1.I. The number of nitrogens with zero attached hydrogens (tertiary/aromatic N) is 1. The van der Waals surface area contributed by atoms with Crippen LogP contribution >= 0.6 is 35.6 Å². The van der Waals surface area contributed by atoms with E-state index in [-0.39, 0.29) is 41.5 Å². The number of para-hydroxylation sites is 1. The Morgan fingerprint density at radius 3 is 2.76 bits per heavy atom. The fourth-order valence-electron chi connectivity index (χ4n) is 2.11. The lowest BCUT2D eigenvalue weighted by molar-refractivity contribution is 0.185. The van der Waals surface area contributed by atoms with Gasteiger partial charge >= 0.3 is 0 Å². The van der Waals surface area contributed by atoms with Crippen molar-refractivity contribution in [1.29, 1.82) is 0 Å². The molecule has 2 rings (SSSR count). The highest BCUT2D eigenvalue weighted by Gasteiger charge is 2.10. The van der Waals surface area contributed by atoms with Crippen LogP contribution in [0.2, 0.25) is 5.02 Å². The van der Waals surface area contributed by atoms with E-state index in [0.717, 1.165) is 11.3 Å². The Balaban J connectivity index is 0.00000312. The van der Waals surface area contributed by atoms with Gasteiger partial charge in [-0.2, -0.15) is 0 Å². The summed E-state index contributed by atoms with van der Waals surface area (Å²) in [4.78, 5) is 4.09. The molecule has 0 spiro atoms. The third-order valence-electron chi connectivity index (χ3n) is 3.34. The van der Waals surface area contributed by atoms with Gasteiger partial charge in [-0.05, 0) is 23.8 Å². The summed E-state index contributed by atoms with van der Waals surface area (Å²) in [6, 6.07) is 11.6. The van der Waals surface area contributed by atoms with Gasteiger partial charge in [0.05, 0.1) is 24.3 Å². The molecular formula is C17H20ClFIN3O2. The van der Waals surface area contributed by atoms with Gasteiger partial charge in [-0.3, -0.25) is 4.99 Å². The molecule has 5 nitrogen and oxygen atoms in total. The molecule has 25 heavy (non-hydrogen) atoms. The second kappa shape index (κ2) is 10.5. The van der Waals surface area contributed by atoms with Crippen molar-refractivity contribution in [2.24, 2.45) is 10.7 Å². The number of nitrogens with two attached hydrogens (primary N) is 1. The van der Waals surface area contributed by atoms with Crippen LogP contribution in [0, 0.1) is 5.82 Å². The monoisotopic (exact) mass is 479 g/mol. The highest BCUT2D eigenvalue weighted by molar-refractivity contribution is 14.0. The Labute approximate surface area is 168 Å². The van der Waals surface area contributed by atoms with Crippen molar-refractivity contribution in [3.05, 3.63) is 64.4 Å². The zero-order valence-electron chi connectivity index (χ0n) is 13.6. The second-order valence-corrected chi connectivity index (χ2v) is 5.54. The largest absolute Gasteiger partial charge is 0.386 e. The molecule has 1 atom stereocenters. The second-order valence-electron chi connectivity index (χ2n) is 5.13. The third-order valence-corrected chi connectivity index (χ3v) is 3.65. The summed E-state index contributed by atoms with van der Waals surface area (Å²) in [5.41, 5.74) is 7.93. The molecule has 1 unspecified atom stereocenters. The van der Waals surface area contributed by atoms with Gasteiger partial charge in [-0.15, -0.1) is 24.0 Å². The molecule has 4 N–H and O–H groups in total. The summed E-state index contributed by atoms with van der Waals surface area (Å²) in [7, 11) is 1.61. The van der Waals surface area contributed by atoms with Crippen molar-refractivity contribution in [2.45, 2.75) is 12.7 Å². The number of anilines is 1. The highest BCUT2D eigenvalue weighted by Crippen LogP contribution is 2.20. The molecule has 0 bridgehead atoms. The highest BCUT2D eigenvalue weighted by atomic mass is 127. The van der Waals surface area contributed by atoms with E-state index in [1.165, 1.54) is 12.1 Å². The van der Waals surface area contributed by atoms with E-state index in [4.69, 9.17) is 22.1 Å². The summed E-state index contributed by atoms with van der Waals surface area (Å²) in [5.74, 6) is -0.441. The molecule has 0 saturated carbocycles. The maximum absolute atomic E-state index is 13.4. The minimum atomic E-state index is -0.980. The lowest BCUT2D eigenvalue weighted by Gasteiger charge is -2.12. The Bertz CT molecular complexity index is 731. The Morgan fingerprint density at radius 1 is 1.36 bits per heavy atom. The molecule has 0 heterocycles. The first-order valence-electron chi connectivity index (χ1n) is 7.28. The van der Waals surface area contributed by atoms with Crippen molar-refractivity contribution in [3.8, 4) is 0 Å². The maximum atomic E-state index is 13.4. The zero-order valence-corrected chi connectivity index (χ0v) is 16.7. The van der Waals surface area contributed by atoms with E-state index in [9.17, 15) is 9.50 Å². The average Bonchev–Trinajstić information content (AvgIpc) is 2.57. The van der Waals surface area contributed by atoms with Gasteiger partial charge in [-0.1, -0.05) is 35.9 Å². The number of nitrogens with one attached hydrogen (secondary N) is 1. The summed E-state index contributed by atoms with van der Waals surface area (Å²) in [6.45, 7) is 0.426. The lowest BCUT2D eigenvalue weighted by atomic mass is 10.1. The number of aliphatic hydroxyl groups excluding tert-OH is 1. The molecule has 8 heteroatoms. The molecule has 0 fully saturated rings. The quantitative estimate of drug-likeness (QED) is 0.335. The normalized spacial score (nSPS) is 12.4. The lowest BCUT2D eigenvalue weighted by Crippen LogP contribution is -2.24.